The SMILES string of the molecule is Cc1n[nH]c(C)c1CNC(=O)c1cnc[nH]1. The summed E-state index contributed by atoms with van der Waals surface area (Å²) < 4.78 is 0. The zero-order valence-corrected chi connectivity index (χ0v) is 9.16. The van der Waals surface area contributed by atoms with Crippen molar-refractivity contribution in [1.29, 1.82) is 0 Å². The van der Waals surface area contributed by atoms with Crippen molar-refractivity contribution in [2.75, 3.05) is 0 Å². The number of nitrogens with zero attached hydrogens (tertiary/aromatic N) is 2. The number of nitrogens with one attached hydrogen (secondary N) is 3. The largest absolute Gasteiger partial charge is 0.347 e. The number of amides is 1. The molecule has 84 valence electrons. The fourth-order valence-electron chi connectivity index (χ4n) is 1.48. The lowest BCUT2D eigenvalue weighted by molar-refractivity contribution is 0.0946. The molecule has 0 unspecified atom stereocenters. The minimum Gasteiger partial charge on any atom is -0.347 e. The summed E-state index contributed by atoms with van der Waals surface area (Å²) in [6.07, 6.45) is 2.97. The lowest BCUT2D eigenvalue weighted by Gasteiger charge is -2.03. The van der Waals surface area contributed by atoms with E-state index in [4.69, 9.17) is 0 Å². The summed E-state index contributed by atoms with van der Waals surface area (Å²) in [4.78, 5) is 18.1. The van der Waals surface area contributed by atoms with Crippen LogP contribution in [0.5, 0.6) is 0 Å². The van der Waals surface area contributed by atoms with Crippen molar-refractivity contribution in [3.8, 4) is 0 Å². The third-order valence-corrected chi connectivity index (χ3v) is 2.45. The third-order valence-electron chi connectivity index (χ3n) is 2.45. The van der Waals surface area contributed by atoms with Gasteiger partial charge in [0.15, 0.2) is 0 Å². The molecule has 0 saturated heterocycles. The van der Waals surface area contributed by atoms with Gasteiger partial charge in [0.2, 0.25) is 0 Å². The van der Waals surface area contributed by atoms with Crippen molar-refractivity contribution < 1.29 is 4.79 Å². The van der Waals surface area contributed by atoms with E-state index in [2.05, 4.69) is 25.5 Å². The van der Waals surface area contributed by atoms with Crippen LogP contribution >= 0.6 is 0 Å². The standard InChI is InChI=1S/C10H13N5O/c1-6-8(7(2)15-14-6)3-12-10(16)9-4-11-5-13-9/h4-5H,3H2,1-2H3,(H,11,13)(H,12,16)(H,14,15). The molecule has 0 aliphatic carbocycles. The molecular weight excluding hydrogens is 206 g/mol. The van der Waals surface area contributed by atoms with E-state index < -0.39 is 0 Å². The molecule has 0 spiro atoms. The summed E-state index contributed by atoms with van der Waals surface area (Å²) >= 11 is 0. The molecule has 0 radical (unpaired) electrons. The van der Waals surface area contributed by atoms with Crippen molar-refractivity contribution in [1.82, 2.24) is 25.5 Å². The first-order chi connectivity index (χ1) is 7.68. The first kappa shape index (κ1) is 10.4. The molecular formula is C10H13N5O. The first-order valence-electron chi connectivity index (χ1n) is 4.95. The number of hydrogen-bond acceptors (Lipinski definition) is 3. The van der Waals surface area contributed by atoms with Gasteiger partial charge >= 0.3 is 0 Å². The van der Waals surface area contributed by atoms with E-state index >= 15 is 0 Å². The number of rotatable bonds is 3. The number of H-pyrrole nitrogens is 2. The van der Waals surface area contributed by atoms with Gasteiger partial charge in [0, 0.05) is 17.8 Å². The Balaban J connectivity index is 2.01. The van der Waals surface area contributed by atoms with Gasteiger partial charge in [-0.2, -0.15) is 5.10 Å². The Morgan fingerprint density at radius 2 is 2.31 bits per heavy atom. The molecule has 16 heavy (non-hydrogen) atoms. The number of hydrogen-bond donors (Lipinski definition) is 3. The van der Waals surface area contributed by atoms with Gasteiger partial charge in [-0.25, -0.2) is 4.98 Å². The molecule has 0 fully saturated rings. The summed E-state index contributed by atoms with van der Waals surface area (Å²) in [5.74, 6) is -0.169. The summed E-state index contributed by atoms with van der Waals surface area (Å²) in [5, 5.41) is 9.73. The summed E-state index contributed by atoms with van der Waals surface area (Å²) in [6, 6.07) is 0. The van der Waals surface area contributed by atoms with E-state index in [0.29, 0.717) is 12.2 Å². The van der Waals surface area contributed by atoms with E-state index in [1.165, 1.54) is 12.5 Å². The molecule has 6 nitrogen and oxygen atoms in total. The smallest absolute Gasteiger partial charge is 0.269 e. The van der Waals surface area contributed by atoms with Gasteiger partial charge in [0.1, 0.15) is 5.69 Å². The molecule has 0 aliphatic rings. The molecule has 1 amide bonds. The Labute approximate surface area is 92.5 Å². The lowest BCUT2D eigenvalue weighted by Crippen LogP contribution is -2.23. The van der Waals surface area contributed by atoms with Crippen LogP contribution in [0.2, 0.25) is 0 Å². The number of aromatic nitrogens is 4. The zero-order chi connectivity index (χ0) is 11.5. The van der Waals surface area contributed by atoms with Crippen LogP contribution in [0.1, 0.15) is 27.4 Å². The van der Waals surface area contributed by atoms with Crippen LogP contribution in [-0.2, 0) is 6.54 Å². The van der Waals surface area contributed by atoms with Gasteiger partial charge in [-0.15, -0.1) is 0 Å². The predicted molar refractivity (Wildman–Crippen MR) is 57.8 cm³/mol. The molecule has 0 saturated carbocycles. The van der Waals surface area contributed by atoms with Crippen molar-refractivity contribution in [2.24, 2.45) is 0 Å². The molecule has 2 heterocycles. The molecule has 2 rings (SSSR count). The van der Waals surface area contributed by atoms with Gasteiger partial charge < -0.3 is 10.3 Å². The maximum absolute atomic E-state index is 11.6. The quantitative estimate of drug-likeness (QED) is 0.709. The highest BCUT2D eigenvalue weighted by molar-refractivity contribution is 5.91. The first-order valence-corrected chi connectivity index (χ1v) is 4.95. The topological polar surface area (TPSA) is 86.5 Å². The van der Waals surface area contributed by atoms with Crippen LogP contribution < -0.4 is 5.32 Å². The Morgan fingerprint density at radius 3 is 2.88 bits per heavy atom. The Morgan fingerprint density at radius 1 is 1.50 bits per heavy atom. The second kappa shape index (κ2) is 4.18. The molecule has 6 heteroatoms. The third kappa shape index (κ3) is 1.95. The lowest BCUT2D eigenvalue weighted by atomic mass is 10.2. The normalized spacial score (nSPS) is 10.4. The maximum Gasteiger partial charge on any atom is 0.269 e. The zero-order valence-electron chi connectivity index (χ0n) is 9.16. The van der Waals surface area contributed by atoms with Gasteiger partial charge in [0.05, 0.1) is 18.2 Å². The molecule has 0 aliphatic heterocycles. The summed E-state index contributed by atoms with van der Waals surface area (Å²) in [5.41, 5.74) is 3.36. The van der Waals surface area contributed by atoms with Crippen LogP contribution in [0.25, 0.3) is 0 Å². The van der Waals surface area contributed by atoms with Crippen molar-refractivity contribution in [3.63, 3.8) is 0 Å². The van der Waals surface area contributed by atoms with E-state index in [1.807, 2.05) is 13.8 Å². The van der Waals surface area contributed by atoms with Gasteiger partial charge in [0.25, 0.3) is 5.91 Å². The number of imidazole rings is 1. The molecule has 2 aromatic rings. The molecule has 0 bridgehead atoms. The fourth-order valence-corrected chi connectivity index (χ4v) is 1.48. The highest BCUT2D eigenvalue weighted by atomic mass is 16.1. The average Bonchev–Trinajstić information content (AvgIpc) is 2.87. The Bertz CT molecular complexity index is 466. The van der Waals surface area contributed by atoms with E-state index in [1.54, 1.807) is 0 Å². The molecule has 0 aromatic carbocycles. The van der Waals surface area contributed by atoms with Gasteiger partial charge in [-0.05, 0) is 13.8 Å². The Hall–Kier alpha value is -2.11. The molecule has 3 N–H and O–H groups in total. The average molecular weight is 219 g/mol. The van der Waals surface area contributed by atoms with Crippen LogP contribution in [0.4, 0.5) is 0 Å². The van der Waals surface area contributed by atoms with Crippen LogP contribution in [0.3, 0.4) is 0 Å². The molecule has 0 atom stereocenters. The summed E-state index contributed by atoms with van der Waals surface area (Å²) in [6.45, 7) is 4.30. The number of carbonyl (C=O) groups is 1. The van der Waals surface area contributed by atoms with Crippen LogP contribution in [-0.4, -0.2) is 26.1 Å². The highest BCUT2D eigenvalue weighted by Crippen LogP contribution is 2.08. The highest BCUT2D eigenvalue weighted by Gasteiger charge is 2.10. The minimum atomic E-state index is -0.169. The van der Waals surface area contributed by atoms with Crippen LogP contribution in [0, 0.1) is 13.8 Å². The van der Waals surface area contributed by atoms with Crippen molar-refractivity contribution >= 4 is 5.91 Å². The molecule has 2 aromatic heterocycles. The fraction of sp³-hybridized carbons (Fsp3) is 0.300. The Kier molecular flexibility index (Phi) is 2.72. The second-order valence-corrected chi connectivity index (χ2v) is 3.56. The predicted octanol–water partition coefficient (Wildman–Crippen LogP) is 0.680. The van der Waals surface area contributed by atoms with Crippen molar-refractivity contribution in [2.45, 2.75) is 20.4 Å². The second-order valence-electron chi connectivity index (χ2n) is 3.56. The van der Waals surface area contributed by atoms with E-state index in [9.17, 15) is 4.79 Å². The number of aromatic amines is 2. The minimum absolute atomic E-state index is 0.169. The van der Waals surface area contributed by atoms with E-state index in [-0.39, 0.29) is 5.91 Å². The number of carbonyl (C=O) groups excluding carboxylic acids is 1. The summed E-state index contributed by atoms with van der Waals surface area (Å²) in [7, 11) is 0. The van der Waals surface area contributed by atoms with Gasteiger partial charge in [-0.1, -0.05) is 0 Å². The maximum atomic E-state index is 11.6. The van der Waals surface area contributed by atoms with Crippen molar-refractivity contribution in [3.05, 3.63) is 35.2 Å². The van der Waals surface area contributed by atoms with Crippen LogP contribution in [0.15, 0.2) is 12.5 Å². The monoisotopic (exact) mass is 219 g/mol. The number of aryl methyl sites for hydroxylation is 2. The van der Waals surface area contributed by atoms with E-state index in [0.717, 1.165) is 17.0 Å². The van der Waals surface area contributed by atoms with Gasteiger partial charge in [-0.3, -0.25) is 9.89 Å².